The van der Waals surface area contributed by atoms with Crippen LogP contribution in [0.1, 0.15) is 35.2 Å². The van der Waals surface area contributed by atoms with Crippen molar-refractivity contribution in [1.82, 2.24) is 9.88 Å². The number of rotatable bonds is 4. The van der Waals surface area contributed by atoms with Gasteiger partial charge in [0.1, 0.15) is 11.3 Å². The third kappa shape index (κ3) is 3.70. The maximum atomic E-state index is 13.8. The molecule has 28 heavy (non-hydrogen) atoms. The third-order valence-electron chi connectivity index (χ3n) is 5.56. The molecule has 144 valence electrons. The van der Waals surface area contributed by atoms with Gasteiger partial charge in [-0.25, -0.2) is 4.39 Å². The van der Waals surface area contributed by atoms with E-state index < -0.39 is 0 Å². The van der Waals surface area contributed by atoms with E-state index in [9.17, 15) is 14.3 Å². The number of amides is 1. The van der Waals surface area contributed by atoms with Crippen LogP contribution in [0, 0.1) is 11.7 Å². The van der Waals surface area contributed by atoms with Gasteiger partial charge in [0.05, 0.1) is 5.56 Å². The van der Waals surface area contributed by atoms with Gasteiger partial charge < -0.3 is 10.0 Å². The molecular formula is C23H23FN2O2. The molecule has 1 aliphatic heterocycles. The summed E-state index contributed by atoms with van der Waals surface area (Å²) in [6, 6.07) is 14.0. The molecule has 2 heterocycles. The van der Waals surface area contributed by atoms with Crippen molar-refractivity contribution in [3.05, 3.63) is 71.7 Å². The molecule has 0 spiro atoms. The van der Waals surface area contributed by atoms with E-state index in [-0.39, 0.29) is 17.5 Å². The lowest BCUT2D eigenvalue weighted by atomic mass is 9.91. The SMILES string of the molecule is O=C(c1ccc2cccnc2c1O)N1CCC[C@@H](CCc2ccccc2F)C1. The topological polar surface area (TPSA) is 53.4 Å². The number of hydrogen-bond donors (Lipinski definition) is 1. The fraction of sp³-hybridized carbons (Fsp3) is 0.304. The van der Waals surface area contributed by atoms with Crippen LogP contribution in [0.4, 0.5) is 4.39 Å². The number of carbonyl (C=O) groups excluding carboxylic acids is 1. The minimum absolute atomic E-state index is 0.0587. The number of hydrogen-bond acceptors (Lipinski definition) is 3. The summed E-state index contributed by atoms with van der Waals surface area (Å²) in [6.07, 6.45) is 5.07. The number of piperidine rings is 1. The number of benzene rings is 2. The summed E-state index contributed by atoms with van der Waals surface area (Å²) in [5.74, 6) is -0.0601. The standard InChI is InChI=1S/C23H23FN2O2/c24-20-8-2-1-6-17(20)10-9-16-5-4-14-26(15-16)23(28)19-12-11-18-7-3-13-25-21(18)22(19)27/h1-3,6-8,11-13,16,27H,4-5,9-10,14-15H2/t16-/m0/s1. The van der Waals surface area contributed by atoms with Gasteiger partial charge in [-0.05, 0) is 55.4 Å². The largest absolute Gasteiger partial charge is 0.505 e. The van der Waals surface area contributed by atoms with E-state index in [2.05, 4.69) is 4.98 Å². The Kier molecular flexibility index (Phi) is 5.24. The average molecular weight is 378 g/mol. The van der Waals surface area contributed by atoms with Crippen LogP contribution in [0.25, 0.3) is 10.9 Å². The molecule has 3 aromatic rings. The van der Waals surface area contributed by atoms with Crippen LogP contribution in [0.5, 0.6) is 5.75 Å². The highest BCUT2D eigenvalue weighted by molar-refractivity contribution is 6.02. The van der Waals surface area contributed by atoms with E-state index in [0.717, 1.165) is 30.2 Å². The first-order valence-electron chi connectivity index (χ1n) is 9.73. The van der Waals surface area contributed by atoms with E-state index in [1.807, 2.05) is 24.3 Å². The Morgan fingerprint density at radius 2 is 2.04 bits per heavy atom. The summed E-state index contributed by atoms with van der Waals surface area (Å²) < 4.78 is 13.8. The Morgan fingerprint density at radius 1 is 1.18 bits per heavy atom. The van der Waals surface area contributed by atoms with Crippen LogP contribution in [0.2, 0.25) is 0 Å². The Hall–Kier alpha value is -2.95. The van der Waals surface area contributed by atoms with Crippen molar-refractivity contribution in [2.45, 2.75) is 25.7 Å². The van der Waals surface area contributed by atoms with Crippen molar-refractivity contribution < 1.29 is 14.3 Å². The van der Waals surface area contributed by atoms with Gasteiger partial charge in [-0.15, -0.1) is 0 Å². The zero-order chi connectivity index (χ0) is 19.5. The van der Waals surface area contributed by atoms with Crippen molar-refractivity contribution in [2.24, 2.45) is 5.92 Å². The van der Waals surface area contributed by atoms with E-state index in [1.54, 1.807) is 29.3 Å². The van der Waals surface area contributed by atoms with Crippen molar-refractivity contribution in [2.75, 3.05) is 13.1 Å². The lowest BCUT2D eigenvalue weighted by Gasteiger charge is -2.33. The molecule has 1 saturated heterocycles. The maximum Gasteiger partial charge on any atom is 0.257 e. The summed E-state index contributed by atoms with van der Waals surface area (Å²) in [6.45, 7) is 1.31. The summed E-state index contributed by atoms with van der Waals surface area (Å²) in [5, 5.41) is 11.4. The number of aryl methyl sites for hydroxylation is 1. The average Bonchev–Trinajstić information content (AvgIpc) is 2.73. The molecule has 2 aromatic carbocycles. The molecule has 1 fully saturated rings. The molecule has 1 aliphatic rings. The van der Waals surface area contributed by atoms with Crippen molar-refractivity contribution >= 4 is 16.8 Å². The fourth-order valence-corrected chi connectivity index (χ4v) is 4.02. The summed E-state index contributed by atoms with van der Waals surface area (Å²) in [5.41, 5.74) is 1.46. The summed E-state index contributed by atoms with van der Waals surface area (Å²) >= 11 is 0. The number of pyridine rings is 1. The zero-order valence-electron chi connectivity index (χ0n) is 15.6. The Labute approximate surface area is 163 Å². The molecule has 0 radical (unpaired) electrons. The van der Waals surface area contributed by atoms with Gasteiger partial charge in [0.2, 0.25) is 0 Å². The zero-order valence-corrected chi connectivity index (χ0v) is 15.6. The first-order valence-corrected chi connectivity index (χ1v) is 9.73. The second kappa shape index (κ2) is 7.97. The monoisotopic (exact) mass is 378 g/mol. The van der Waals surface area contributed by atoms with Gasteiger partial charge in [0, 0.05) is 24.7 Å². The van der Waals surface area contributed by atoms with Gasteiger partial charge in [-0.3, -0.25) is 9.78 Å². The van der Waals surface area contributed by atoms with E-state index in [4.69, 9.17) is 0 Å². The molecule has 0 bridgehead atoms. The van der Waals surface area contributed by atoms with Gasteiger partial charge in [0.25, 0.3) is 5.91 Å². The minimum atomic E-state index is -0.167. The number of phenols is 1. The highest BCUT2D eigenvalue weighted by Gasteiger charge is 2.26. The number of aromatic nitrogens is 1. The van der Waals surface area contributed by atoms with Crippen LogP contribution in [-0.2, 0) is 6.42 Å². The van der Waals surface area contributed by atoms with E-state index in [1.165, 1.54) is 6.07 Å². The molecule has 0 aliphatic carbocycles. The van der Waals surface area contributed by atoms with Crippen LogP contribution in [0.3, 0.4) is 0 Å². The highest BCUT2D eigenvalue weighted by Crippen LogP contribution is 2.30. The molecule has 1 N–H and O–H groups in total. The molecule has 4 nitrogen and oxygen atoms in total. The van der Waals surface area contributed by atoms with Crippen LogP contribution in [-0.4, -0.2) is 34.0 Å². The number of aromatic hydroxyl groups is 1. The summed E-state index contributed by atoms with van der Waals surface area (Å²) in [7, 11) is 0. The second-order valence-corrected chi connectivity index (χ2v) is 7.43. The number of carbonyl (C=O) groups is 1. The van der Waals surface area contributed by atoms with Gasteiger partial charge in [-0.2, -0.15) is 0 Å². The number of likely N-dealkylation sites (tertiary alicyclic amines) is 1. The quantitative estimate of drug-likeness (QED) is 0.724. The van der Waals surface area contributed by atoms with Crippen molar-refractivity contribution in [3.8, 4) is 5.75 Å². The lowest BCUT2D eigenvalue weighted by Crippen LogP contribution is -2.40. The molecule has 1 amide bonds. The Balaban J connectivity index is 1.46. The summed E-state index contributed by atoms with van der Waals surface area (Å²) in [4.78, 5) is 19.0. The lowest BCUT2D eigenvalue weighted by molar-refractivity contribution is 0.0665. The van der Waals surface area contributed by atoms with E-state index >= 15 is 0 Å². The maximum absolute atomic E-state index is 13.8. The van der Waals surface area contributed by atoms with Gasteiger partial charge in [-0.1, -0.05) is 30.3 Å². The van der Waals surface area contributed by atoms with Crippen molar-refractivity contribution in [1.29, 1.82) is 0 Å². The number of phenolic OH excluding ortho intramolecular Hbond substituents is 1. The number of halogens is 1. The molecule has 1 aromatic heterocycles. The van der Waals surface area contributed by atoms with Gasteiger partial charge in [0.15, 0.2) is 5.75 Å². The van der Waals surface area contributed by atoms with Crippen LogP contribution in [0.15, 0.2) is 54.7 Å². The Bertz CT molecular complexity index is 1000. The molecule has 1 atom stereocenters. The molecule has 4 rings (SSSR count). The number of fused-ring (bicyclic) bond motifs is 1. The highest BCUT2D eigenvalue weighted by atomic mass is 19.1. The predicted octanol–water partition coefficient (Wildman–Crippen LogP) is 4.56. The first-order chi connectivity index (χ1) is 13.6. The first kappa shape index (κ1) is 18.4. The third-order valence-corrected chi connectivity index (χ3v) is 5.56. The van der Waals surface area contributed by atoms with Crippen LogP contribution < -0.4 is 0 Å². The minimum Gasteiger partial charge on any atom is -0.505 e. The van der Waals surface area contributed by atoms with Gasteiger partial charge >= 0.3 is 0 Å². The second-order valence-electron chi connectivity index (χ2n) is 7.43. The van der Waals surface area contributed by atoms with Crippen LogP contribution >= 0.6 is 0 Å². The predicted molar refractivity (Wildman–Crippen MR) is 107 cm³/mol. The number of nitrogens with zero attached hydrogens (tertiary/aromatic N) is 2. The van der Waals surface area contributed by atoms with E-state index in [0.29, 0.717) is 36.5 Å². The molecular weight excluding hydrogens is 355 g/mol. The fourth-order valence-electron chi connectivity index (χ4n) is 4.02. The normalized spacial score (nSPS) is 17.0. The smallest absolute Gasteiger partial charge is 0.257 e. The van der Waals surface area contributed by atoms with Crippen molar-refractivity contribution in [3.63, 3.8) is 0 Å². The molecule has 0 unspecified atom stereocenters. The Morgan fingerprint density at radius 3 is 2.89 bits per heavy atom. The molecule has 0 saturated carbocycles. The molecule has 5 heteroatoms.